The summed E-state index contributed by atoms with van der Waals surface area (Å²) in [5.74, 6) is -0.102. The first-order valence-electron chi connectivity index (χ1n) is 9.29. The molecule has 8 heteroatoms. The lowest BCUT2D eigenvalue weighted by atomic mass is 10.2. The van der Waals surface area contributed by atoms with Gasteiger partial charge in [-0.05, 0) is 48.5 Å². The van der Waals surface area contributed by atoms with E-state index >= 15 is 0 Å². The lowest BCUT2D eigenvalue weighted by molar-refractivity contribution is -0.118. The van der Waals surface area contributed by atoms with Crippen LogP contribution in [0.15, 0.2) is 77.4 Å². The molecule has 3 rings (SSSR count). The maximum atomic E-state index is 12.2. The van der Waals surface area contributed by atoms with E-state index in [1.807, 2.05) is 18.2 Å². The number of hydrogen-bond acceptors (Lipinski definition) is 5. The maximum Gasteiger partial charge on any atom is 0.287 e. The van der Waals surface area contributed by atoms with E-state index in [0.717, 1.165) is 0 Å². The highest BCUT2D eigenvalue weighted by molar-refractivity contribution is 5.96. The van der Waals surface area contributed by atoms with Crippen molar-refractivity contribution >= 4 is 23.4 Å². The molecule has 0 saturated carbocycles. The smallest absolute Gasteiger partial charge is 0.287 e. The Labute approximate surface area is 173 Å². The number of ether oxygens (including phenoxy) is 1. The molecular weight excluding hydrogens is 386 g/mol. The van der Waals surface area contributed by atoms with E-state index in [4.69, 9.17) is 9.15 Å². The summed E-state index contributed by atoms with van der Waals surface area (Å²) in [4.78, 5) is 35.8. The van der Waals surface area contributed by atoms with Gasteiger partial charge in [0.25, 0.3) is 17.7 Å². The van der Waals surface area contributed by atoms with Gasteiger partial charge in [-0.15, -0.1) is 0 Å². The topological polar surface area (TPSA) is 110 Å². The largest absolute Gasteiger partial charge is 0.484 e. The van der Waals surface area contributed by atoms with Gasteiger partial charge in [0.05, 0.1) is 6.26 Å². The van der Waals surface area contributed by atoms with Crippen LogP contribution in [0.2, 0.25) is 0 Å². The summed E-state index contributed by atoms with van der Waals surface area (Å²) in [5.41, 5.74) is 0.991. The van der Waals surface area contributed by atoms with Crippen LogP contribution in [0, 0.1) is 0 Å². The van der Waals surface area contributed by atoms with Crippen LogP contribution in [0.25, 0.3) is 0 Å². The van der Waals surface area contributed by atoms with Gasteiger partial charge in [-0.1, -0.05) is 18.2 Å². The van der Waals surface area contributed by atoms with E-state index in [1.165, 1.54) is 6.26 Å². The Morgan fingerprint density at radius 2 is 1.50 bits per heavy atom. The number of amides is 3. The standard InChI is InChI=1S/C22H21N3O5/c26-20(15-30-18-5-2-1-3-6-18)25-17-10-8-16(9-11-17)21(27)23-12-13-24-22(28)19-7-4-14-29-19/h1-11,14H,12-13,15H2,(H,23,27)(H,24,28)(H,25,26). The first-order chi connectivity index (χ1) is 14.6. The van der Waals surface area contributed by atoms with Gasteiger partial charge in [0.1, 0.15) is 5.75 Å². The zero-order chi connectivity index (χ0) is 21.2. The first kappa shape index (κ1) is 20.7. The van der Waals surface area contributed by atoms with E-state index < -0.39 is 0 Å². The highest BCUT2D eigenvalue weighted by atomic mass is 16.5. The van der Waals surface area contributed by atoms with Crippen LogP contribution in [-0.4, -0.2) is 37.4 Å². The second-order valence-electron chi connectivity index (χ2n) is 6.22. The molecule has 0 radical (unpaired) electrons. The number of rotatable bonds is 9. The van der Waals surface area contributed by atoms with Crippen molar-refractivity contribution in [2.24, 2.45) is 0 Å². The van der Waals surface area contributed by atoms with Crippen LogP contribution in [-0.2, 0) is 4.79 Å². The zero-order valence-electron chi connectivity index (χ0n) is 16.1. The van der Waals surface area contributed by atoms with Crippen LogP contribution in [0.1, 0.15) is 20.9 Å². The molecule has 3 N–H and O–H groups in total. The molecule has 3 aromatic rings. The average Bonchev–Trinajstić information content (AvgIpc) is 3.31. The molecule has 0 spiro atoms. The molecule has 0 bridgehead atoms. The van der Waals surface area contributed by atoms with Crippen molar-refractivity contribution in [3.63, 3.8) is 0 Å². The third-order valence-corrected chi connectivity index (χ3v) is 3.99. The van der Waals surface area contributed by atoms with Gasteiger partial charge in [0.2, 0.25) is 0 Å². The fourth-order valence-electron chi connectivity index (χ4n) is 2.52. The van der Waals surface area contributed by atoms with Crippen molar-refractivity contribution in [1.29, 1.82) is 0 Å². The predicted octanol–water partition coefficient (Wildman–Crippen LogP) is 2.46. The molecule has 8 nitrogen and oxygen atoms in total. The monoisotopic (exact) mass is 407 g/mol. The number of hydrogen-bond donors (Lipinski definition) is 3. The lowest BCUT2D eigenvalue weighted by Gasteiger charge is -2.09. The van der Waals surface area contributed by atoms with Gasteiger partial charge in [-0.2, -0.15) is 0 Å². The van der Waals surface area contributed by atoms with Crippen molar-refractivity contribution in [1.82, 2.24) is 10.6 Å². The van der Waals surface area contributed by atoms with E-state index in [1.54, 1.807) is 48.5 Å². The first-order valence-corrected chi connectivity index (χ1v) is 9.29. The highest BCUT2D eigenvalue weighted by Crippen LogP contribution is 2.11. The van der Waals surface area contributed by atoms with Crippen molar-refractivity contribution in [2.45, 2.75) is 0 Å². The summed E-state index contributed by atoms with van der Waals surface area (Å²) in [5, 5.41) is 8.05. The molecule has 3 amide bonds. The minimum atomic E-state index is -0.342. The summed E-state index contributed by atoms with van der Waals surface area (Å²) >= 11 is 0. The third kappa shape index (κ3) is 6.23. The molecule has 0 aliphatic heterocycles. The number of nitrogens with one attached hydrogen (secondary N) is 3. The summed E-state index contributed by atoms with van der Waals surface area (Å²) in [6.07, 6.45) is 1.42. The molecular formula is C22H21N3O5. The Balaban J connectivity index is 1.38. The highest BCUT2D eigenvalue weighted by Gasteiger charge is 2.09. The van der Waals surface area contributed by atoms with E-state index in [9.17, 15) is 14.4 Å². The SMILES string of the molecule is O=C(COc1ccccc1)Nc1ccc(C(=O)NCCNC(=O)c2ccco2)cc1. The number of anilines is 1. The molecule has 0 saturated heterocycles. The van der Waals surface area contributed by atoms with Crippen molar-refractivity contribution < 1.29 is 23.5 Å². The molecule has 0 aliphatic rings. The fraction of sp³-hybridized carbons (Fsp3) is 0.136. The Morgan fingerprint density at radius 1 is 0.800 bits per heavy atom. The lowest BCUT2D eigenvalue weighted by Crippen LogP contribution is -2.34. The quantitative estimate of drug-likeness (QED) is 0.472. The van der Waals surface area contributed by atoms with Crippen molar-refractivity contribution in [2.75, 3.05) is 25.0 Å². The Morgan fingerprint density at radius 3 is 2.17 bits per heavy atom. The van der Waals surface area contributed by atoms with Gasteiger partial charge in [-0.3, -0.25) is 14.4 Å². The molecule has 0 fully saturated rings. The van der Waals surface area contributed by atoms with Crippen molar-refractivity contribution in [3.8, 4) is 5.75 Å². The summed E-state index contributed by atoms with van der Waals surface area (Å²) in [7, 11) is 0. The molecule has 1 heterocycles. The van der Waals surface area contributed by atoms with Gasteiger partial charge in [-0.25, -0.2) is 0 Å². The Hall–Kier alpha value is -4.07. The maximum absolute atomic E-state index is 12.2. The summed E-state index contributed by atoms with van der Waals surface area (Å²) in [6.45, 7) is 0.414. The number of furan rings is 1. The van der Waals surface area contributed by atoms with Gasteiger partial charge < -0.3 is 25.1 Å². The molecule has 154 valence electrons. The average molecular weight is 407 g/mol. The van der Waals surface area contributed by atoms with Crippen LogP contribution in [0.4, 0.5) is 5.69 Å². The Bertz CT molecular complexity index is 970. The normalized spacial score (nSPS) is 10.1. The van der Waals surface area contributed by atoms with Crippen LogP contribution >= 0.6 is 0 Å². The van der Waals surface area contributed by atoms with Crippen LogP contribution in [0.3, 0.4) is 0 Å². The van der Waals surface area contributed by atoms with Gasteiger partial charge in [0.15, 0.2) is 12.4 Å². The molecule has 2 aromatic carbocycles. The second-order valence-corrected chi connectivity index (χ2v) is 6.22. The molecule has 0 aliphatic carbocycles. The summed E-state index contributed by atoms with van der Waals surface area (Å²) < 4.78 is 10.4. The van der Waals surface area contributed by atoms with E-state index in [-0.39, 0.29) is 43.2 Å². The number of carbonyl (C=O) groups excluding carboxylic acids is 3. The van der Waals surface area contributed by atoms with E-state index in [0.29, 0.717) is 17.0 Å². The van der Waals surface area contributed by atoms with Crippen LogP contribution in [0.5, 0.6) is 5.75 Å². The van der Waals surface area contributed by atoms with Crippen molar-refractivity contribution in [3.05, 3.63) is 84.3 Å². The minimum absolute atomic E-state index is 0.115. The number of benzene rings is 2. The molecule has 0 atom stereocenters. The zero-order valence-corrected chi connectivity index (χ0v) is 16.1. The Kier molecular flexibility index (Phi) is 7.21. The molecule has 0 unspecified atom stereocenters. The second kappa shape index (κ2) is 10.5. The van der Waals surface area contributed by atoms with E-state index in [2.05, 4.69) is 16.0 Å². The van der Waals surface area contributed by atoms with Gasteiger partial charge >= 0.3 is 0 Å². The van der Waals surface area contributed by atoms with Gasteiger partial charge in [0, 0.05) is 24.3 Å². The number of carbonyl (C=O) groups is 3. The third-order valence-electron chi connectivity index (χ3n) is 3.99. The predicted molar refractivity (Wildman–Crippen MR) is 110 cm³/mol. The minimum Gasteiger partial charge on any atom is -0.484 e. The number of para-hydroxylation sites is 1. The molecule has 1 aromatic heterocycles. The van der Waals surface area contributed by atoms with Crippen LogP contribution < -0.4 is 20.7 Å². The fourth-order valence-corrected chi connectivity index (χ4v) is 2.52. The molecule has 30 heavy (non-hydrogen) atoms. The summed E-state index contributed by atoms with van der Waals surface area (Å²) in [6, 6.07) is 18.7.